The van der Waals surface area contributed by atoms with Crippen molar-refractivity contribution >= 4 is 6.09 Å². The molecule has 3 atom stereocenters. The maximum Gasteiger partial charge on any atom is 0.410 e. The van der Waals surface area contributed by atoms with Crippen LogP contribution in [0.25, 0.3) is 0 Å². The zero-order valence-corrected chi connectivity index (χ0v) is 12.4. The summed E-state index contributed by atoms with van der Waals surface area (Å²) in [6.45, 7) is 3.87. The molecule has 5 fully saturated rings. The summed E-state index contributed by atoms with van der Waals surface area (Å²) in [4.78, 5) is 14.1. The molecule has 2 unspecified atom stereocenters. The molecule has 0 spiro atoms. The van der Waals surface area contributed by atoms with E-state index in [4.69, 9.17) is 10.5 Å². The van der Waals surface area contributed by atoms with Gasteiger partial charge in [-0.2, -0.15) is 0 Å². The Hall–Kier alpha value is -0.770. The van der Waals surface area contributed by atoms with Gasteiger partial charge in [0.2, 0.25) is 0 Å². The quantitative estimate of drug-likeness (QED) is 0.801. The van der Waals surface area contributed by atoms with Crippen LogP contribution in [-0.2, 0) is 4.74 Å². The fourth-order valence-electron chi connectivity index (χ4n) is 5.72. The van der Waals surface area contributed by atoms with E-state index < -0.39 is 0 Å². The molecule has 1 heterocycles. The van der Waals surface area contributed by atoms with Crippen molar-refractivity contribution in [1.82, 2.24) is 4.90 Å². The minimum absolute atomic E-state index is 0.111. The molecule has 4 saturated carbocycles. The summed E-state index contributed by atoms with van der Waals surface area (Å²) >= 11 is 0. The van der Waals surface area contributed by atoms with Crippen molar-refractivity contribution in [3.8, 4) is 0 Å². The van der Waals surface area contributed by atoms with Gasteiger partial charge in [-0.25, -0.2) is 4.79 Å². The predicted octanol–water partition coefficient (Wildman–Crippen LogP) is 2.37. The lowest BCUT2D eigenvalue weighted by molar-refractivity contribution is -0.133. The van der Waals surface area contributed by atoms with Crippen LogP contribution in [0.15, 0.2) is 0 Å². The lowest BCUT2D eigenvalue weighted by Gasteiger charge is -2.58. The molecular formula is C16H26N2O2. The summed E-state index contributed by atoms with van der Waals surface area (Å²) in [5.41, 5.74) is 6.42. The Morgan fingerprint density at radius 1 is 1.25 bits per heavy atom. The van der Waals surface area contributed by atoms with Crippen molar-refractivity contribution in [3.63, 3.8) is 0 Å². The summed E-state index contributed by atoms with van der Waals surface area (Å²) in [5.74, 6) is 2.13. The molecule has 4 bridgehead atoms. The normalized spacial score (nSPS) is 49.7. The number of rotatable bonds is 1. The zero-order valence-electron chi connectivity index (χ0n) is 12.4. The Kier molecular flexibility index (Phi) is 2.82. The van der Waals surface area contributed by atoms with Gasteiger partial charge in [0.05, 0.1) is 0 Å². The summed E-state index contributed by atoms with van der Waals surface area (Å²) in [5, 5.41) is 0. The fraction of sp³-hybridized carbons (Fsp3) is 0.938. The molecule has 0 aromatic rings. The highest BCUT2D eigenvalue weighted by molar-refractivity contribution is 5.68. The molecule has 4 heteroatoms. The molecular weight excluding hydrogens is 252 g/mol. The Bertz CT molecular complexity index is 409. The Balaban J connectivity index is 1.44. The van der Waals surface area contributed by atoms with E-state index in [1.54, 1.807) is 4.90 Å². The van der Waals surface area contributed by atoms with Crippen LogP contribution in [0.3, 0.4) is 0 Å². The maximum atomic E-state index is 12.3. The third-order valence-corrected chi connectivity index (χ3v) is 6.21. The van der Waals surface area contributed by atoms with Crippen molar-refractivity contribution in [1.29, 1.82) is 0 Å². The van der Waals surface area contributed by atoms with Gasteiger partial charge in [0, 0.05) is 19.1 Å². The SMILES string of the molecule is CC12CC3CC(C1)C(OC(=O)N1CC[C@@H](N)C1)C(C3)C2. The molecule has 2 N–H and O–H groups in total. The summed E-state index contributed by atoms with van der Waals surface area (Å²) < 4.78 is 5.94. The van der Waals surface area contributed by atoms with Crippen LogP contribution < -0.4 is 5.73 Å². The van der Waals surface area contributed by atoms with Crippen LogP contribution in [0.4, 0.5) is 4.79 Å². The van der Waals surface area contributed by atoms with Crippen LogP contribution in [0.2, 0.25) is 0 Å². The molecule has 4 aliphatic carbocycles. The topological polar surface area (TPSA) is 55.6 Å². The standard InChI is InChI=1S/C16H26N2O2/c1-16-6-10-4-11(7-16)14(12(5-10)8-16)20-15(19)18-3-2-13(17)9-18/h10-14H,2-9,17H2,1H3/t10?,11?,12?,13-,14?,16?/m1/s1. The fourth-order valence-corrected chi connectivity index (χ4v) is 5.72. The van der Waals surface area contributed by atoms with Crippen LogP contribution in [0.1, 0.15) is 45.4 Å². The molecule has 112 valence electrons. The summed E-state index contributed by atoms with van der Waals surface area (Å²) in [6, 6.07) is 0.139. The van der Waals surface area contributed by atoms with Gasteiger partial charge in [-0.1, -0.05) is 6.92 Å². The molecule has 1 aliphatic heterocycles. The number of hydrogen-bond acceptors (Lipinski definition) is 3. The van der Waals surface area contributed by atoms with Crippen LogP contribution in [-0.4, -0.2) is 36.2 Å². The van der Waals surface area contributed by atoms with Crippen LogP contribution >= 0.6 is 0 Å². The number of nitrogens with zero attached hydrogens (tertiary/aromatic N) is 1. The lowest BCUT2D eigenvalue weighted by atomic mass is 9.49. The van der Waals surface area contributed by atoms with E-state index in [2.05, 4.69) is 6.92 Å². The number of ether oxygens (including phenoxy) is 1. The minimum Gasteiger partial charge on any atom is -0.446 e. The lowest BCUT2D eigenvalue weighted by Crippen LogP contribution is -2.54. The second-order valence-corrected chi connectivity index (χ2v) is 8.12. The molecule has 1 saturated heterocycles. The van der Waals surface area contributed by atoms with Crippen LogP contribution in [0.5, 0.6) is 0 Å². The van der Waals surface area contributed by atoms with E-state index in [0.717, 1.165) is 18.9 Å². The first-order valence-electron chi connectivity index (χ1n) is 8.23. The maximum absolute atomic E-state index is 12.3. The van der Waals surface area contributed by atoms with Gasteiger partial charge in [-0.3, -0.25) is 0 Å². The van der Waals surface area contributed by atoms with Crippen molar-refractivity contribution in [3.05, 3.63) is 0 Å². The van der Waals surface area contributed by atoms with E-state index in [0.29, 0.717) is 23.8 Å². The molecule has 1 amide bonds. The average Bonchev–Trinajstić information content (AvgIpc) is 2.78. The zero-order chi connectivity index (χ0) is 13.9. The van der Waals surface area contributed by atoms with Gasteiger partial charge in [0.25, 0.3) is 0 Å². The van der Waals surface area contributed by atoms with Crippen molar-refractivity contribution < 1.29 is 9.53 Å². The van der Waals surface area contributed by atoms with Gasteiger partial charge >= 0.3 is 6.09 Å². The smallest absolute Gasteiger partial charge is 0.410 e. The Morgan fingerprint density at radius 3 is 2.50 bits per heavy atom. The van der Waals surface area contributed by atoms with Gasteiger partial charge in [-0.05, 0) is 61.7 Å². The third kappa shape index (κ3) is 2.03. The highest BCUT2D eigenvalue weighted by Gasteiger charge is 2.54. The predicted molar refractivity (Wildman–Crippen MR) is 76.1 cm³/mol. The van der Waals surface area contributed by atoms with E-state index in [1.807, 2.05) is 0 Å². The molecule has 20 heavy (non-hydrogen) atoms. The highest BCUT2D eigenvalue weighted by atomic mass is 16.6. The van der Waals surface area contributed by atoms with Gasteiger partial charge in [0.15, 0.2) is 0 Å². The highest BCUT2D eigenvalue weighted by Crippen LogP contribution is 2.60. The Labute approximate surface area is 121 Å². The van der Waals surface area contributed by atoms with E-state index in [-0.39, 0.29) is 18.2 Å². The van der Waals surface area contributed by atoms with E-state index in [9.17, 15) is 4.79 Å². The summed E-state index contributed by atoms with van der Waals surface area (Å²) in [6.07, 6.45) is 7.47. The monoisotopic (exact) mass is 278 g/mol. The first-order valence-corrected chi connectivity index (χ1v) is 8.23. The van der Waals surface area contributed by atoms with E-state index >= 15 is 0 Å². The number of likely N-dealkylation sites (tertiary alicyclic amines) is 1. The second-order valence-electron chi connectivity index (χ2n) is 8.12. The molecule has 0 radical (unpaired) electrons. The number of hydrogen-bond donors (Lipinski definition) is 1. The van der Waals surface area contributed by atoms with Crippen molar-refractivity contribution in [2.75, 3.05) is 13.1 Å². The average molecular weight is 278 g/mol. The first kappa shape index (κ1) is 12.9. The molecule has 4 nitrogen and oxygen atoms in total. The molecule has 5 aliphatic rings. The molecule has 0 aromatic heterocycles. The third-order valence-electron chi connectivity index (χ3n) is 6.21. The second kappa shape index (κ2) is 4.36. The van der Waals surface area contributed by atoms with Crippen molar-refractivity contribution in [2.24, 2.45) is 28.9 Å². The number of carbonyl (C=O) groups excluding carboxylic acids is 1. The molecule has 0 aromatic carbocycles. The van der Waals surface area contributed by atoms with Crippen LogP contribution in [0, 0.1) is 23.2 Å². The number of amides is 1. The van der Waals surface area contributed by atoms with Crippen molar-refractivity contribution in [2.45, 2.75) is 57.6 Å². The largest absolute Gasteiger partial charge is 0.446 e. The Morgan fingerprint density at radius 2 is 1.95 bits per heavy atom. The van der Waals surface area contributed by atoms with Gasteiger partial charge in [0.1, 0.15) is 6.10 Å². The van der Waals surface area contributed by atoms with Gasteiger partial charge in [-0.15, -0.1) is 0 Å². The first-order chi connectivity index (χ1) is 9.52. The number of nitrogens with two attached hydrogens (primary N) is 1. The molecule has 5 rings (SSSR count). The van der Waals surface area contributed by atoms with E-state index in [1.165, 1.54) is 32.1 Å². The van der Waals surface area contributed by atoms with Gasteiger partial charge < -0.3 is 15.4 Å². The minimum atomic E-state index is -0.111. The number of carbonyl (C=O) groups is 1. The summed E-state index contributed by atoms with van der Waals surface area (Å²) in [7, 11) is 0.